The normalized spacial score (nSPS) is 21.0. The average Bonchev–Trinajstić information content (AvgIpc) is 3.35. The Morgan fingerprint density at radius 2 is 1.57 bits per heavy atom. The maximum Gasteiger partial charge on any atom is 0.408 e. The first kappa shape index (κ1) is 31.5. The fourth-order valence-corrected chi connectivity index (χ4v) is 5.55. The standard InChI is InChI=1S/C32H45N5O5/c1-22(2)20-27(38)35-18-19-36-17-16-26(37(36)30(40)25(21-35)33-31(41)42-32(3,4)5)29(39)34-28(23-12-8-6-9-13-23)24-14-10-7-11-15-24/h6-15,22,25-28,38H,16-21H2,1-5H3,(H,33,41)(H,34,39)/t25-,26-,27?/m0/s1. The number of carbonyl (C=O) groups is 3. The quantitative estimate of drug-likeness (QED) is 0.440. The van der Waals surface area contributed by atoms with Gasteiger partial charge in [0, 0.05) is 26.2 Å². The van der Waals surface area contributed by atoms with E-state index in [0.717, 1.165) is 11.1 Å². The number of rotatable bonds is 8. The minimum Gasteiger partial charge on any atom is -0.444 e. The third-order valence-corrected chi connectivity index (χ3v) is 7.50. The fourth-order valence-electron chi connectivity index (χ4n) is 5.55. The van der Waals surface area contributed by atoms with Crippen LogP contribution in [0, 0.1) is 5.92 Å². The molecule has 3 N–H and O–H groups in total. The Morgan fingerprint density at radius 1 is 0.976 bits per heavy atom. The van der Waals surface area contributed by atoms with Crippen molar-refractivity contribution in [1.82, 2.24) is 25.6 Å². The molecule has 10 nitrogen and oxygen atoms in total. The molecule has 4 rings (SSSR count). The first-order valence-electron chi connectivity index (χ1n) is 14.8. The van der Waals surface area contributed by atoms with E-state index < -0.39 is 42.0 Å². The highest BCUT2D eigenvalue weighted by molar-refractivity contribution is 5.92. The first-order chi connectivity index (χ1) is 19.9. The van der Waals surface area contributed by atoms with Crippen LogP contribution in [-0.4, -0.2) is 88.0 Å². The molecule has 2 aliphatic heterocycles. The highest BCUT2D eigenvalue weighted by Gasteiger charge is 2.45. The Bertz CT molecular complexity index is 1160. The molecule has 1 unspecified atom stereocenters. The third kappa shape index (κ3) is 8.08. The number of fused-ring (bicyclic) bond motifs is 1. The Morgan fingerprint density at radius 3 is 2.12 bits per heavy atom. The van der Waals surface area contributed by atoms with Crippen molar-refractivity contribution < 1.29 is 24.2 Å². The summed E-state index contributed by atoms with van der Waals surface area (Å²) < 4.78 is 5.46. The van der Waals surface area contributed by atoms with Crippen LogP contribution in [0.25, 0.3) is 0 Å². The number of benzene rings is 2. The molecule has 2 fully saturated rings. The molecule has 228 valence electrons. The van der Waals surface area contributed by atoms with E-state index in [9.17, 15) is 19.5 Å². The Kier molecular flexibility index (Phi) is 10.2. The molecule has 0 spiro atoms. The number of aliphatic hydroxyl groups is 1. The van der Waals surface area contributed by atoms with Crippen LogP contribution >= 0.6 is 0 Å². The second kappa shape index (κ2) is 13.7. The van der Waals surface area contributed by atoms with Crippen molar-refractivity contribution in [2.24, 2.45) is 5.92 Å². The molecule has 0 bridgehead atoms. The molecule has 3 atom stereocenters. The van der Waals surface area contributed by atoms with E-state index in [-0.39, 0.29) is 18.4 Å². The van der Waals surface area contributed by atoms with Crippen molar-refractivity contribution in [3.05, 3.63) is 71.8 Å². The van der Waals surface area contributed by atoms with Gasteiger partial charge in [-0.15, -0.1) is 0 Å². The van der Waals surface area contributed by atoms with Crippen LogP contribution in [0.5, 0.6) is 0 Å². The molecule has 2 aromatic carbocycles. The van der Waals surface area contributed by atoms with E-state index in [0.29, 0.717) is 32.5 Å². The van der Waals surface area contributed by atoms with Crippen LogP contribution in [0.2, 0.25) is 0 Å². The highest BCUT2D eigenvalue weighted by Crippen LogP contribution is 2.27. The van der Waals surface area contributed by atoms with E-state index in [1.807, 2.05) is 84.4 Å². The summed E-state index contributed by atoms with van der Waals surface area (Å²) in [4.78, 5) is 42.7. The summed E-state index contributed by atoms with van der Waals surface area (Å²) in [7, 11) is 0. The zero-order valence-corrected chi connectivity index (χ0v) is 25.3. The van der Waals surface area contributed by atoms with Gasteiger partial charge in [0.25, 0.3) is 5.91 Å². The van der Waals surface area contributed by atoms with Gasteiger partial charge in [0.15, 0.2) is 0 Å². The molecule has 0 aliphatic carbocycles. The molecule has 3 amide bonds. The Hall–Kier alpha value is -3.47. The third-order valence-electron chi connectivity index (χ3n) is 7.50. The number of amides is 3. The van der Waals surface area contributed by atoms with Gasteiger partial charge in [-0.3, -0.25) is 19.5 Å². The number of hydrogen-bond acceptors (Lipinski definition) is 7. The number of nitrogens with one attached hydrogen (secondary N) is 2. The van der Waals surface area contributed by atoms with Crippen molar-refractivity contribution in [2.45, 2.75) is 77.4 Å². The summed E-state index contributed by atoms with van der Waals surface area (Å²) in [5, 5.41) is 20.3. The predicted molar refractivity (Wildman–Crippen MR) is 160 cm³/mol. The van der Waals surface area contributed by atoms with Crippen LogP contribution in [0.4, 0.5) is 4.79 Å². The lowest BCUT2D eigenvalue weighted by atomic mass is 9.98. The summed E-state index contributed by atoms with van der Waals surface area (Å²) in [6.45, 7) is 10.8. The van der Waals surface area contributed by atoms with Gasteiger partial charge < -0.3 is 20.5 Å². The van der Waals surface area contributed by atoms with E-state index in [1.165, 1.54) is 5.01 Å². The Balaban J connectivity index is 1.59. The molecule has 2 heterocycles. The first-order valence-corrected chi connectivity index (χ1v) is 14.8. The molecule has 2 aromatic rings. The van der Waals surface area contributed by atoms with Crippen molar-refractivity contribution in [2.75, 3.05) is 26.2 Å². The lowest BCUT2D eigenvalue weighted by Crippen LogP contribution is -2.64. The number of nitrogens with zero attached hydrogens (tertiary/aromatic N) is 3. The number of carbonyl (C=O) groups excluding carboxylic acids is 3. The van der Waals surface area contributed by atoms with Crippen molar-refractivity contribution in [3.63, 3.8) is 0 Å². The van der Waals surface area contributed by atoms with Crippen LogP contribution in [0.15, 0.2) is 60.7 Å². The molecular weight excluding hydrogens is 534 g/mol. The van der Waals surface area contributed by atoms with Crippen LogP contribution < -0.4 is 10.6 Å². The maximum atomic E-state index is 14.1. The van der Waals surface area contributed by atoms with Gasteiger partial charge in [0.2, 0.25) is 5.91 Å². The van der Waals surface area contributed by atoms with Gasteiger partial charge in [-0.1, -0.05) is 74.5 Å². The molecule has 42 heavy (non-hydrogen) atoms. The van der Waals surface area contributed by atoms with Gasteiger partial charge in [0.05, 0.1) is 6.04 Å². The van der Waals surface area contributed by atoms with Crippen molar-refractivity contribution in [3.8, 4) is 0 Å². The number of hydrogen-bond donors (Lipinski definition) is 3. The lowest BCUT2D eigenvalue weighted by molar-refractivity contribution is -0.160. The van der Waals surface area contributed by atoms with Crippen LogP contribution in [-0.2, 0) is 14.3 Å². The van der Waals surface area contributed by atoms with E-state index in [2.05, 4.69) is 10.6 Å². The molecule has 0 radical (unpaired) electrons. The van der Waals surface area contributed by atoms with E-state index in [1.54, 1.807) is 20.8 Å². The minimum atomic E-state index is -1.02. The van der Waals surface area contributed by atoms with Gasteiger partial charge in [-0.2, -0.15) is 0 Å². The second-order valence-corrected chi connectivity index (χ2v) is 12.5. The molecular formula is C32H45N5O5. The lowest BCUT2D eigenvalue weighted by Gasteiger charge is -2.41. The van der Waals surface area contributed by atoms with Crippen molar-refractivity contribution in [1.29, 1.82) is 0 Å². The average molecular weight is 580 g/mol. The molecule has 0 aromatic heterocycles. The predicted octanol–water partition coefficient (Wildman–Crippen LogP) is 3.28. The summed E-state index contributed by atoms with van der Waals surface area (Å²) in [6.07, 6.45) is -0.518. The number of aliphatic hydroxyl groups excluding tert-OH is 1. The monoisotopic (exact) mass is 579 g/mol. The van der Waals surface area contributed by atoms with E-state index in [4.69, 9.17) is 4.74 Å². The van der Waals surface area contributed by atoms with E-state index >= 15 is 0 Å². The fraction of sp³-hybridized carbons (Fsp3) is 0.531. The Labute approximate surface area is 249 Å². The van der Waals surface area contributed by atoms with Crippen molar-refractivity contribution >= 4 is 17.9 Å². The largest absolute Gasteiger partial charge is 0.444 e. The highest BCUT2D eigenvalue weighted by atomic mass is 16.6. The van der Waals surface area contributed by atoms with Crippen LogP contribution in [0.3, 0.4) is 0 Å². The van der Waals surface area contributed by atoms with Gasteiger partial charge in [-0.05, 0) is 50.7 Å². The second-order valence-electron chi connectivity index (χ2n) is 12.5. The van der Waals surface area contributed by atoms with Gasteiger partial charge in [-0.25, -0.2) is 9.80 Å². The molecule has 2 aliphatic rings. The SMILES string of the molecule is CC(C)CC(O)N1CCN2CC[C@@H](C(=O)NC(c3ccccc3)c3ccccc3)N2C(=O)[C@@H](NC(=O)OC(C)(C)C)C1. The topological polar surface area (TPSA) is 114 Å². The maximum absolute atomic E-state index is 14.1. The molecule has 10 heteroatoms. The number of ether oxygens (including phenoxy) is 1. The smallest absolute Gasteiger partial charge is 0.408 e. The molecule has 0 saturated carbocycles. The summed E-state index contributed by atoms with van der Waals surface area (Å²) in [5.41, 5.74) is 1.12. The van der Waals surface area contributed by atoms with Gasteiger partial charge in [0.1, 0.15) is 23.9 Å². The minimum absolute atomic E-state index is 0.0985. The van der Waals surface area contributed by atoms with Gasteiger partial charge >= 0.3 is 6.09 Å². The number of alkyl carbamates (subject to hydrolysis) is 1. The number of hydrazine groups is 1. The zero-order chi connectivity index (χ0) is 30.4. The summed E-state index contributed by atoms with van der Waals surface area (Å²) >= 11 is 0. The summed E-state index contributed by atoms with van der Waals surface area (Å²) in [5.74, 6) is -0.426. The van der Waals surface area contributed by atoms with Crippen LogP contribution in [0.1, 0.15) is 64.6 Å². The zero-order valence-electron chi connectivity index (χ0n) is 25.3. The molecule has 2 saturated heterocycles. The summed E-state index contributed by atoms with van der Waals surface area (Å²) in [6, 6.07) is 17.3.